The molecule has 1 aliphatic rings. The molecule has 0 saturated carbocycles. The predicted molar refractivity (Wildman–Crippen MR) is 63.0 cm³/mol. The van der Waals surface area contributed by atoms with Crippen molar-refractivity contribution in [2.75, 3.05) is 6.54 Å². The summed E-state index contributed by atoms with van der Waals surface area (Å²) >= 11 is 0. The molecule has 6 heteroatoms. The number of hydrogen-bond donors (Lipinski definition) is 1. The molecule has 0 aromatic carbocycles. The molecule has 104 valence electrons. The van der Waals surface area contributed by atoms with Gasteiger partial charge in [0.1, 0.15) is 17.8 Å². The van der Waals surface area contributed by atoms with Gasteiger partial charge in [-0.3, -0.25) is 4.90 Å². The van der Waals surface area contributed by atoms with E-state index >= 15 is 0 Å². The summed E-state index contributed by atoms with van der Waals surface area (Å²) in [6.07, 6.45) is -1.71. The molecule has 0 unspecified atom stereocenters. The molecule has 5 nitrogen and oxygen atoms in total. The van der Waals surface area contributed by atoms with Crippen LogP contribution in [0.3, 0.4) is 0 Å². The summed E-state index contributed by atoms with van der Waals surface area (Å²) in [5, 5.41) is 9.13. The zero-order valence-corrected chi connectivity index (χ0v) is 11.1. The van der Waals surface area contributed by atoms with Gasteiger partial charge < -0.3 is 9.84 Å². The van der Waals surface area contributed by atoms with Gasteiger partial charge in [-0.15, -0.1) is 0 Å². The molecule has 1 aliphatic heterocycles. The maximum atomic E-state index is 13.7. The third-order valence-electron chi connectivity index (χ3n) is 2.93. The zero-order chi connectivity index (χ0) is 14.1. The number of carbonyl (C=O) groups is 2. The fourth-order valence-corrected chi connectivity index (χ4v) is 2.17. The van der Waals surface area contributed by atoms with Crippen LogP contribution in [-0.4, -0.2) is 46.4 Å². The van der Waals surface area contributed by atoms with E-state index in [1.807, 2.05) is 0 Å². The zero-order valence-electron chi connectivity index (χ0n) is 11.1. The van der Waals surface area contributed by atoms with Gasteiger partial charge in [-0.1, -0.05) is 6.92 Å². The van der Waals surface area contributed by atoms with Crippen LogP contribution in [-0.2, 0) is 9.53 Å². The molecule has 1 amide bonds. The third-order valence-corrected chi connectivity index (χ3v) is 2.93. The average molecular weight is 261 g/mol. The molecule has 1 heterocycles. The smallest absolute Gasteiger partial charge is 0.411 e. The fourth-order valence-electron chi connectivity index (χ4n) is 2.17. The highest BCUT2D eigenvalue weighted by molar-refractivity contribution is 5.81. The van der Waals surface area contributed by atoms with Gasteiger partial charge in [0, 0.05) is 5.92 Å². The SMILES string of the molecule is CC[C@@H]1[C@@H](C(=O)O)N(C(=O)OC(C)(C)C)C[C@@H]1F. The number of carboxylic acids is 1. The van der Waals surface area contributed by atoms with Crippen LogP contribution in [0.15, 0.2) is 0 Å². The van der Waals surface area contributed by atoms with Gasteiger partial charge in [-0.05, 0) is 27.2 Å². The Morgan fingerprint density at radius 3 is 2.39 bits per heavy atom. The largest absolute Gasteiger partial charge is 0.480 e. The molecular formula is C12H20FNO4. The van der Waals surface area contributed by atoms with Crippen molar-refractivity contribution in [3.05, 3.63) is 0 Å². The highest BCUT2D eigenvalue weighted by Gasteiger charge is 2.48. The van der Waals surface area contributed by atoms with Crippen LogP contribution >= 0.6 is 0 Å². The van der Waals surface area contributed by atoms with Crippen molar-refractivity contribution in [3.63, 3.8) is 0 Å². The van der Waals surface area contributed by atoms with E-state index in [4.69, 9.17) is 9.84 Å². The van der Waals surface area contributed by atoms with Crippen molar-refractivity contribution in [3.8, 4) is 0 Å². The number of ether oxygens (including phenoxy) is 1. The molecule has 0 bridgehead atoms. The van der Waals surface area contributed by atoms with Crippen molar-refractivity contribution in [1.82, 2.24) is 4.90 Å². The van der Waals surface area contributed by atoms with E-state index in [9.17, 15) is 14.0 Å². The van der Waals surface area contributed by atoms with Crippen molar-refractivity contribution in [2.24, 2.45) is 5.92 Å². The van der Waals surface area contributed by atoms with E-state index in [0.717, 1.165) is 4.90 Å². The van der Waals surface area contributed by atoms with E-state index in [0.29, 0.717) is 6.42 Å². The summed E-state index contributed by atoms with van der Waals surface area (Å²) in [5.74, 6) is -1.86. The van der Waals surface area contributed by atoms with Crippen LogP contribution in [0.1, 0.15) is 34.1 Å². The van der Waals surface area contributed by atoms with E-state index in [2.05, 4.69) is 0 Å². The first-order chi connectivity index (χ1) is 8.17. The summed E-state index contributed by atoms with van der Waals surface area (Å²) in [7, 11) is 0. The van der Waals surface area contributed by atoms with E-state index in [1.165, 1.54) is 0 Å². The topological polar surface area (TPSA) is 66.8 Å². The maximum Gasteiger partial charge on any atom is 0.411 e. The predicted octanol–water partition coefficient (Wildman–Crippen LogP) is 2.05. The van der Waals surface area contributed by atoms with Gasteiger partial charge in [-0.25, -0.2) is 14.0 Å². The first-order valence-electron chi connectivity index (χ1n) is 6.04. The summed E-state index contributed by atoms with van der Waals surface area (Å²) in [4.78, 5) is 24.0. The molecule has 1 saturated heterocycles. The number of carbonyl (C=O) groups excluding carboxylic acids is 1. The summed E-state index contributed by atoms with van der Waals surface area (Å²) < 4.78 is 18.8. The summed E-state index contributed by atoms with van der Waals surface area (Å²) in [6.45, 7) is 6.54. The Balaban J connectivity index is 2.87. The van der Waals surface area contributed by atoms with Crippen molar-refractivity contribution >= 4 is 12.1 Å². The molecule has 18 heavy (non-hydrogen) atoms. The van der Waals surface area contributed by atoms with Crippen LogP contribution in [0, 0.1) is 5.92 Å². The second kappa shape index (κ2) is 5.12. The number of carboxylic acid groups (broad SMARTS) is 1. The van der Waals surface area contributed by atoms with Crippen molar-refractivity contribution < 1.29 is 23.8 Å². The van der Waals surface area contributed by atoms with E-state index in [1.54, 1.807) is 27.7 Å². The molecule has 1 N–H and O–H groups in total. The minimum Gasteiger partial charge on any atom is -0.480 e. The number of hydrogen-bond acceptors (Lipinski definition) is 3. The van der Waals surface area contributed by atoms with E-state index < -0.39 is 35.8 Å². The molecule has 0 spiro atoms. The molecular weight excluding hydrogens is 241 g/mol. The summed E-state index contributed by atoms with van der Waals surface area (Å²) in [5.41, 5.74) is -0.726. The quantitative estimate of drug-likeness (QED) is 0.826. The van der Waals surface area contributed by atoms with Crippen LogP contribution in [0.4, 0.5) is 9.18 Å². The van der Waals surface area contributed by atoms with Crippen molar-refractivity contribution in [2.45, 2.75) is 51.9 Å². The lowest BCUT2D eigenvalue weighted by atomic mass is 9.96. The molecule has 0 radical (unpaired) electrons. The van der Waals surface area contributed by atoms with Crippen LogP contribution in [0.25, 0.3) is 0 Å². The number of halogens is 1. The first kappa shape index (κ1) is 14.7. The Morgan fingerprint density at radius 1 is 1.44 bits per heavy atom. The highest BCUT2D eigenvalue weighted by atomic mass is 19.1. The monoisotopic (exact) mass is 261 g/mol. The minimum atomic E-state index is -1.32. The van der Waals surface area contributed by atoms with Gasteiger partial charge in [0.2, 0.25) is 0 Å². The lowest BCUT2D eigenvalue weighted by molar-refractivity contribution is -0.143. The second-order valence-corrected chi connectivity index (χ2v) is 5.50. The van der Waals surface area contributed by atoms with E-state index in [-0.39, 0.29) is 6.54 Å². The Labute approximate surface area is 106 Å². The molecule has 0 aliphatic carbocycles. The molecule has 1 fully saturated rings. The molecule has 0 aromatic heterocycles. The highest BCUT2D eigenvalue weighted by Crippen LogP contribution is 2.31. The number of amides is 1. The van der Waals surface area contributed by atoms with Crippen LogP contribution in [0.2, 0.25) is 0 Å². The second-order valence-electron chi connectivity index (χ2n) is 5.50. The van der Waals surface area contributed by atoms with Gasteiger partial charge >= 0.3 is 12.1 Å². The Morgan fingerprint density at radius 2 is 2.00 bits per heavy atom. The number of rotatable bonds is 2. The van der Waals surface area contributed by atoms with Gasteiger partial charge in [0.25, 0.3) is 0 Å². The third kappa shape index (κ3) is 3.11. The Hall–Kier alpha value is -1.33. The molecule has 0 aromatic rings. The van der Waals surface area contributed by atoms with Gasteiger partial charge in [-0.2, -0.15) is 0 Å². The average Bonchev–Trinajstić information content (AvgIpc) is 2.52. The summed E-state index contributed by atoms with van der Waals surface area (Å²) in [6, 6.07) is -1.14. The molecule has 1 rings (SSSR count). The first-order valence-corrected chi connectivity index (χ1v) is 6.04. The van der Waals surface area contributed by atoms with Crippen molar-refractivity contribution in [1.29, 1.82) is 0 Å². The Bertz CT molecular complexity index is 339. The van der Waals surface area contributed by atoms with Gasteiger partial charge in [0.15, 0.2) is 0 Å². The number of aliphatic carboxylic acids is 1. The minimum absolute atomic E-state index is 0.218. The lowest BCUT2D eigenvalue weighted by Crippen LogP contribution is -2.45. The number of alkyl halides is 1. The van der Waals surface area contributed by atoms with Crippen LogP contribution < -0.4 is 0 Å². The fraction of sp³-hybridized carbons (Fsp3) is 0.833. The number of likely N-dealkylation sites (tertiary alicyclic amines) is 1. The normalized spacial score (nSPS) is 28.3. The van der Waals surface area contributed by atoms with Crippen LogP contribution in [0.5, 0.6) is 0 Å². The molecule has 3 atom stereocenters. The lowest BCUT2D eigenvalue weighted by Gasteiger charge is -2.27. The standard InChI is InChI=1S/C12H20FNO4/c1-5-7-8(13)6-14(9(7)10(15)16)11(17)18-12(2,3)4/h7-9H,5-6H2,1-4H3,(H,15,16)/t7-,8-,9-/m0/s1. The Kier molecular flexibility index (Phi) is 4.19. The van der Waals surface area contributed by atoms with Gasteiger partial charge in [0.05, 0.1) is 6.54 Å². The maximum absolute atomic E-state index is 13.7. The number of nitrogens with zero attached hydrogens (tertiary/aromatic N) is 1.